The number of aliphatic hydroxyl groups is 1. The first-order valence-electron chi connectivity index (χ1n) is 22.2. The summed E-state index contributed by atoms with van der Waals surface area (Å²) < 4.78 is 2.03. The summed E-state index contributed by atoms with van der Waals surface area (Å²) in [5.41, 5.74) is 7.92. The summed E-state index contributed by atoms with van der Waals surface area (Å²) in [5.74, 6) is 0.207. The fraction of sp³-hybridized carbons (Fsp3) is 0.458. The van der Waals surface area contributed by atoms with Gasteiger partial charge in [0.05, 0.1) is 34.3 Å². The molecule has 17 heteroatoms. The van der Waals surface area contributed by atoms with Crippen LogP contribution in [-0.4, -0.2) is 90.4 Å². The fourth-order valence-corrected chi connectivity index (χ4v) is 10.5. The molecule has 3 aromatic heterocycles. The molecular formula is C48H58ClN9O5S2. The van der Waals surface area contributed by atoms with Crippen molar-refractivity contribution in [3.8, 4) is 15.4 Å². The number of aromatic nitrogens is 4. The number of hydrogen-bond acceptors (Lipinski definition) is 11. The zero-order valence-electron chi connectivity index (χ0n) is 38.0. The smallest absolute Gasteiger partial charge is 0.246 e. The zero-order chi connectivity index (χ0) is 46.6. The highest BCUT2D eigenvalue weighted by Gasteiger charge is 2.44. The molecule has 344 valence electrons. The number of aliphatic imine (C=N–C) groups is 1. The van der Waals surface area contributed by atoms with Crippen LogP contribution in [0, 0.1) is 33.1 Å². The van der Waals surface area contributed by atoms with Crippen molar-refractivity contribution in [2.45, 2.75) is 124 Å². The molecule has 2 aromatic carbocycles. The quantitative estimate of drug-likeness (QED) is 0.0734. The molecule has 5 aromatic rings. The second-order valence-electron chi connectivity index (χ2n) is 18.1. The summed E-state index contributed by atoms with van der Waals surface area (Å²) in [4.78, 5) is 67.4. The number of β-amino-alcohol motifs (C(OH)–C–C–N with tert-alkyl or cyclic N) is 1. The minimum Gasteiger partial charge on any atom is -0.391 e. The minimum atomic E-state index is -0.897. The van der Waals surface area contributed by atoms with Crippen LogP contribution in [0.15, 0.2) is 59.0 Å². The van der Waals surface area contributed by atoms with Gasteiger partial charge in [-0.05, 0) is 74.8 Å². The van der Waals surface area contributed by atoms with E-state index in [-0.39, 0.29) is 50.1 Å². The number of nitrogens with one attached hydrogen (secondary N) is 3. The second kappa shape index (κ2) is 20.5. The molecule has 2 aliphatic heterocycles. The van der Waals surface area contributed by atoms with E-state index in [1.807, 2.05) is 93.2 Å². The first-order valence-corrected chi connectivity index (χ1v) is 24.3. The Hall–Kier alpha value is -5.29. The predicted octanol–water partition coefficient (Wildman–Crippen LogP) is 7.50. The number of unbranched alkanes of at least 4 members (excludes halogenated alkanes) is 3. The van der Waals surface area contributed by atoms with Crippen LogP contribution in [0.5, 0.6) is 0 Å². The molecule has 65 heavy (non-hydrogen) atoms. The highest BCUT2D eigenvalue weighted by molar-refractivity contribution is 7.15. The monoisotopic (exact) mass is 939 g/mol. The molecule has 1 fully saturated rings. The Morgan fingerprint density at radius 1 is 0.908 bits per heavy atom. The van der Waals surface area contributed by atoms with Gasteiger partial charge in [0.2, 0.25) is 23.6 Å². The summed E-state index contributed by atoms with van der Waals surface area (Å²) in [6.07, 6.45) is 2.46. The van der Waals surface area contributed by atoms with E-state index in [4.69, 9.17) is 16.6 Å². The second-order valence-corrected chi connectivity index (χ2v) is 20.6. The molecule has 0 bridgehead atoms. The Morgan fingerprint density at radius 3 is 2.31 bits per heavy atom. The van der Waals surface area contributed by atoms with E-state index in [0.29, 0.717) is 23.8 Å². The molecular weight excluding hydrogens is 882 g/mol. The number of amides is 4. The Balaban J connectivity index is 0.873. The number of carbonyl (C=O) groups excluding carboxylic acids is 4. The van der Waals surface area contributed by atoms with Crippen LogP contribution in [0.25, 0.3) is 15.4 Å². The van der Waals surface area contributed by atoms with E-state index in [1.54, 1.807) is 22.7 Å². The Bertz CT molecular complexity index is 2560. The number of thiazole rings is 1. The van der Waals surface area contributed by atoms with Crippen LogP contribution in [-0.2, 0) is 25.7 Å². The average Bonchev–Trinajstić information content (AvgIpc) is 4.03. The van der Waals surface area contributed by atoms with Crippen molar-refractivity contribution in [3.63, 3.8) is 0 Å². The number of nitrogens with zero attached hydrogens (tertiary/aromatic N) is 6. The number of halogens is 1. The van der Waals surface area contributed by atoms with Crippen molar-refractivity contribution in [2.24, 2.45) is 10.4 Å². The lowest BCUT2D eigenvalue weighted by Gasteiger charge is -2.35. The summed E-state index contributed by atoms with van der Waals surface area (Å²) >= 11 is 9.49. The number of aliphatic hydroxyl groups excluding tert-OH is 1. The zero-order valence-corrected chi connectivity index (χ0v) is 40.4. The lowest BCUT2D eigenvalue weighted by molar-refractivity contribution is -0.144. The third kappa shape index (κ3) is 11.1. The van der Waals surface area contributed by atoms with Crippen LogP contribution >= 0.6 is 34.3 Å². The largest absolute Gasteiger partial charge is 0.391 e. The highest BCUT2D eigenvalue weighted by atomic mass is 35.5. The van der Waals surface area contributed by atoms with Gasteiger partial charge in [-0.3, -0.25) is 28.7 Å². The molecule has 4 N–H and O–H groups in total. The van der Waals surface area contributed by atoms with Gasteiger partial charge >= 0.3 is 0 Å². The normalized spacial score (nSPS) is 17.5. The van der Waals surface area contributed by atoms with Crippen molar-refractivity contribution in [3.05, 3.63) is 104 Å². The maximum atomic E-state index is 14.1. The highest BCUT2D eigenvalue weighted by Crippen LogP contribution is 2.40. The molecule has 0 saturated carbocycles. The van der Waals surface area contributed by atoms with Crippen LogP contribution in [0.3, 0.4) is 0 Å². The van der Waals surface area contributed by atoms with Crippen molar-refractivity contribution < 1.29 is 24.3 Å². The molecule has 0 radical (unpaired) electrons. The molecule has 5 heterocycles. The average molecular weight is 941 g/mol. The fourth-order valence-electron chi connectivity index (χ4n) is 8.39. The number of thiophene rings is 1. The molecule has 14 nitrogen and oxygen atoms in total. The SMILES string of the molecule is Cc1ncsc1-c1ccc(CNC(=O)[C@@H]2C[C@@H](O)CN2C(=O)[C@@H](NC(=O)CCCCCCNC(=O)C[C@@H]2N=C(c3ccc(Cl)cc3)c3c(sc(C)c3C)-n3c(C)nnc32)C(C)(C)C)cc1. The van der Waals surface area contributed by atoms with Crippen molar-refractivity contribution in [1.82, 2.24) is 40.6 Å². The summed E-state index contributed by atoms with van der Waals surface area (Å²) in [6.45, 7) is 14.4. The topological polar surface area (TPSA) is 184 Å². The third-order valence-electron chi connectivity index (χ3n) is 12.1. The first kappa shape index (κ1) is 47.7. The van der Waals surface area contributed by atoms with Gasteiger partial charge in [-0.25, -0.2) is 4.98 Å². The summed E-state index contributed by atoms with van der Waals surface area (Å²) in [7, 11) is 0. The Kier molecular flexibility index (Phi) is 15.0. The van der Waals surface area contributed by atoms with E-state index in [1.165, 1.54) is 9.78 Å². The van der Waals surface area contributed by atoms with E-state index in [0.717, 1.165) is 74.2 Å². The number of hydrogen-bond donors (Lipinski definition) is 4. The van der Waals surface area contributed by atoms with Gasteiger partial charge in [0.25, 0.3) is 0 Å². The van der Waals surface area contributed by atoms with E-state index in [9.17, 15) is 24.3 Å². The van der Waals surface area contributed by atoms with Gasteiger partial charge in [0.15, 0.2) is 5.82 Å². The number of likely N-dealkylation sites (tertiary alicyclic amines) is 1. The van der Waals surface area contributed by atoms with Crippen LogP contribution < -0.4 is 16.0 Å². The maximum absolute atomic E-state index is 14.1. The molecule has 1 saturated heterocycles. The number of fused-ring (bicyclic) bond motifs is 3. The maximum Gasteiger partial charge on any atom is 0.246 e. The third-order valence-corrected chi connectivity index (χ3v) is 14.5. The Morgan fingerprint density at radius 2 is 1.62 bits per heavy atom. The van der Waals surface area contributed by atoms with E-state index < -0.39 is 35.6 Å². The lowest BCUT2D eigenvalue weighted by atomic mass is 9.85. The van der Waals surface area contributed by atoms with Gasteiger partial charge < -0.3 is 26.0 Å². The number of aryl methyl sites for hydroxylation is 3. The van der Waals surface area contributed by atoms with E-state index >= 15 is 0 Å². The minimum absolute atomic E-state index is 0.00758. The van der Waals surface area contributed by atoms with Crippen LogP contribution in [0.4, 0.5) is 0 Å². The van der Waals surface area contributed by atoms with Gasteiger partial charge in [-0.2, -0.15) is 0 Å². The number of benzene rings is 2. The number of rotatable bonds is 16. The summed E-state index contributed by atoms with van der Waals surface area (Å²) in [6, 6.07) is 13.2. The van der Waals surface area contributed by atoms with Crippen LogP contribution in [0.1, 0.15) is 116 Å². The molecule has 0 unspecified atom stereocenters. The molecule has 2 aliphatic rings. The number of carbonyl (C=O) groups is 4. The van der Waals surface area contributed by atoms with E-state index in [2.05, 4.69) is 45.0 Å². The molecule has 4 amide bonds. The van der Waals surface area contributed by atoms with Gasteiger partial charge in [-0.1, -0.05) is 81.6 Å². The van der Waals surface area contributed by atoms with Gasteiger partial charge in [-0.15, -0.1) is 32.9 Å². The van der Waals surface area contributed by atoms with Gasteiger partial charge in [0, 0.05) is 53.5 Å². The predicted molar refractivity (Wildman–Crippen MR) is 256 cm³/mol. The summed E-state index contributed by atoms with van der Waals surface area (Å²) in [5, 5.41) is 30.1. The van der Waals surface area contributed by atoms with Crippen molar-refractivity contribution >= 4 is 63.6 Å². The molecule has 4 atom stereocenters. The van der Waals surface area contributed by atoms with Crippen LogP contribution in [0.2, 0.25) is 5.02 Å². The molecule has 0 aliphatic carbocycles. The standard InChI is InChI=1S/C48H58ClN9O5S2/c1-27-29(3)65-47-40(27)41(32-17-19-34(49)20-18-32)53-36(44-56-55-30(4)58(44)47)23-39(61)50-21-11-9-8-10-12-38(60)54-43(48(5,6)7)46(63)57-25-35(59)22-37(57)45(62)51-24-31-13-15-33(16-14-31)42-28(2)52-26-64-42/h13-20,26,35-37,43,59H,8-12,21-25H2,1-7H3,(H,50,61)(H,51,62)(H,54,60)/t35-,36+,37+,43-/m1/s1. The van der Waals surface area contributed by atoms with Crippen molar-refractivity contribution in [1.29, 1.82) is 0 Å². The molecule has 7 rings (SSSR count). The lowest BCUT2D eigenvalue weighted by Crippen LogP contribution is -2.57. The first-order chi connectivity index (χ1) is 31.0. The Labute approximate surface area is 393 Å². The van der Waals surface area contributed by atoms with Crippen molar-refractivity contribution in [2.75, 3.05) is 13.1 Å². The van der Waals surface area contributed by atoms with Gasteiger partial charge in [0.1, 0.15) is 29.0 Å². The molecule has 0 spiro atoms.